The Bertz CT molecular complexity index is 521. The summed E-state index contributed by atoms with van der Waals surface area (Å²) in [7, 11) is 1.77. The van der Waals surface area contributed by atoms with Crippen molar-refractivity contribution in [3.63, 3.8) is 0 Å². The third-order valence-electron chi connectivity index (χ3n) is 2.01. The van der Waals surface area contributed by atoms with Gasteiger partial charge in [0.2, 0.25) is 0 Å². The lowest BCUT2D eigenvalue weighted by Crippen LogP contribution is -2.06. The van der Waals surface area contributed by atoms with Crippen LogP contribution in [0.15, 0.2) is 30.5 Å². The number of amides is 1. The minimum atomic E-state index is -1.09. The van der Waals surface area contributed by atoms with E-state index in [4.69, 9.17) is 5.11 Å². The fourth-order valence-electron chi connectivity index (χ4n) is 1.36. The number of nitrogens with one attached hydrogen (secondary N) is 1. The van der Waals surface area contributed by atoms with Crippen LogP contribution >= 0.6 is 0 Å². The molecule has 1 aromatic heterocycles. The van der Waals surface area contributed by atoms with E-state index in [9.17, 15) is 4.79 Å². The van der Waals surface area contributed by atoms with Gasteiger partial charge in [0.05, 0.1) is 6.20 Å². The third-order valence-corrected chi connectivity index (χ3v) is 2.01. The smallest absolute Gasteiger partial charge is 0.409 e. The highest BCUT2D eigenvalue weighted by Gasteiger charge is 2.04. The number of hydrogen-bond acceptors (Lipinski definition) is 3. The average Bonchev–Trinajstić information content (AvgIpc) is 2.64. The van der Waals surface area contributed by atoms with Crippen LogP contribution in [0.4, 0.5) is 10.5 Å². The number of aromatic nitrogens is 3. The molecule has 0 saturated carbocycles. The van der Waals surface area contributed by atoms with E-state index in [2.05, 4.69) is 15.6 Å². The van der Waals surface area contributed by atoms with Gasteiger partial charge in [0.15, 0.2) is 0 Å². The predicted octanol–water partition coefficient (Wildman–Crippen LogP) is 1.57. The number of benzene rings is 1. The largest absolute Gasteiger partial charge is 0.465 e. The molecule has 2 N–H and O–H groups in total. The first-order valence-electron chi connectivity index (χ1n) is 4.62. The second kappa shape index (κ2) is 4.01. The maximum absolute atomic E-state index is 10.5. The lowest BCUT2D eigenvalue weighted by Gasteiger charge is -2.01. The van der Waals surface area contributed by atoms with Crippen LogP contribution < -0.4 is 5.32 Å². The van der Waals surface area contributed by atoms with Gasteiger partial charge >= 0.3 is 6.09 Å². The Morgan fingerprint density at radius 1 is 1.50 bits per heavy atom. The zero-order valence-corrected chi connectivity index (χ0v) is 8.58. The summed E-state index contributed by atoms with van der Waals surface area (Å²) >= 11 is 0. The number of rotatable bonds is 2. The Morgan fingerprint density at radius 3 is 2.94 bits per heavy atom. The van der Waals surface area contributed by atoms with Gasteiger partial charge in [-0.15, -0.1) is 5.10 Å². The molecule has 0 saturated heterocycles. The minimum absolute atomic E-state index is 0.510. The first kappa shape index (κ1) is 10.2. The minimum Gasteiger partial charge on any atom is -0.465 e. The van der Waals surface area contributed by atoms with E-state index in [0.717, 1.165) is 5.56 Å². The number of carbonyl (C=O) groups is 1. The first-order valence-corrected chi connectivity index (χ1v) is 4.62. The fourth-order valence-corrected chi connectivity index (χ4v) is 1.36. The Morgan fingerprint density at radius 2 is 2.31 bits per heavy atom. The average molecular weight is 218 g/mol. The summed E-state index contributed by atoms with van der Waals surface area (Å²) < 4.78 is 1.59. The second-order valence-electron chi connectivity index (χ2n) is 3.29. The van der Waals surface area contributed by atoms with Crippen LogP contribution in [-0.4, -0.2) is 26.2 Å². The summed E-state index contributed by atoms with van der Waals surface area (Å²) in [6, 6.07) is 6.98. The lowest BCUT2D eigenvalue weighted by molar-refractivity contribution is 0.210. The predicted molar refractivity (Wildman–Crippen MR) is 58.1 cm³/mol. The van der Waals surface area contributed by atoms with Gasteiger partial charge in [0.1, 0.15) is 5.69 Å². The van der Waals surface area contributed by atoms with Crippen molar-refractivity contribution in [2.45, 2.75) is 0 Å². The molecule has 6 nitrogen and oxygen atoms in total. The van der Waals surface area contributed by atoms with Gasteiger partial charge in [0, 0.05) is 18.3 Å². The van der Waals surface area contributed by atoms with Crippen molar-refractivity contribution in [2.75, 3.05) is 5.32 Å². The van der Waals surface area contributed by atoms with E-state index >= 15 is 0 Å². The van der Waals surface area contributed by atoms with E-state index in [0.29, 0.717) is 11.4 Å². The summed E-state index contributed by atoms with van der Waals surface area (Å²) in [6.45, 7) is 0. The molecule has 0 atom stereocenters. The first-order chi connectivity index (χ1) is 7.65. The summed E-state index contributed by atoms with van der Waals surface area (Å²) in [6.07, 6.45) is 0.677. The van der Waals surface area contributed by atoms with Crippen molar-refractivity contribution < 1.29 is 9.90 Å². The van der Waals surface area contributed by atoms with Crippen molar-refractivity contribution >= 4 is 11.8 Å². The summed E-state index contributed by atoms with van der Waals surface area (Å²) in [5.41, 5.74) is 2.03. The SMILES string of the molecule is Cn1cc(-c2cccc(NC(=O)O)c2)nn1. The number of hydrogen-bond donors (Lipinski definition) is 2. The number of carboxylic acid groups (broad SMARTS) is 1. The molecule has 0 aliphatic carbocycles. The van der Waals surface area contributed by atoms with Crippen LogP contribution in [0.5, 0.6) is 0 Å². The summed E-state index contributed by atoms with van der Waals surface area (Å²) in [5, 5.41) is 18.6. The third kappa shape index (κ3) is 2.17. The normalized spacial score (nSPS) is 10.1. The van der Waals surface area contributed by atoms with Crippen molar-refractivity contribution in [2.24, 2.45) is 7.05 Å². The number of nitrogens with zero attached hydrogens (tertiary/aromatic N) is 3. The molecule has 2 aromatic rings. The molecule has 0 aliphatic heterocycles. The Balaban J connectivity index is 2.32. The van der Waals surface area contributed by atoms with Crippen molar-refractivity contribution in [1.82, 2.24) is 15.0 Å². The molecule has 0 fully saturated rings. The summed E-state index contributed by atoms with van der Waals surface area (Å²) in [4.78, 5) is 10.5. The molecule has 0 spiro atoms. The molecule has 1 amide bonds. The van der Waals surface area contributed by atoms with E-state index in [-0.39, 0.29) is 0 Å². The van der Waals surface area contributed by atoms with E-state index in [1.165, 1.54) is 0 Å². The van der Waals surface area contributed by atoms with Gasteiger partial charge in [-0.3, -0.25) is 10.00 Å². The van der Waals surface area contributed by atoms with E-state index in [1.807, 2.05) is 6.07 Å². The fraction of sp³-hybridized carbons (Fsp3) is 0.100. The molecular weight excluding hydrogens is 208 g/mol. The van der Waals surface area contributed by atoms with Crippen LogP contribution in [0, 0.1) is 0 Å². The molecular formula is C10H10N4O2. The van der Waals surface area contributed by atoms with Gasteiger partial charge < -0.3 is 5.11 Å². The highest BCUT2D eigenvalue weighted by molar-refractivity contribution is 5.84. The molecule has 1 heterocycles. The topological polar surface area (TPSA) is 80.0 Å². The van der Waals surface area contributed by atoms with Gasteiger partial charge in [-0.25, -0.2) is 4.79 Å². The van der Waals surface area contributed by atoms with Gasteiger partial charge in [-0.1, -0.05) is 17.3 Å². The molecule has 2 rings (SSSR count). The molecule has 0 radical (unpaired) electrons. The summed E-state index contributed by atoms with van der Waals surface area (Å²) in [5.74, 6) is 0. The molecule has 0 aliphatic rings. The number of anilines is 1. The quantitative estimate of drug-likeness (QED) is 0.801. The Kier molecular flexibility index (Phi) is 2.55. The zero-order valence-electron chi connectivity index (χ0n) is 8.58. The zero-order chi connectivity index (χ0) is 11.5. The van der Waals surface area contributed by atoms with Gasteiger partial charge in [-0.05, 0) is 12.1 Å². The molecule has 16 heavy (non-hydrogen) atoms. The maximum atomic E-state index is 10.5. The number of aryl methyl sites for hydroxylation is 1. The standard InChI is InChI=1S/C10H10N4O2/c1-14-6-9(12-13-14)7-3-2-4-8(5-7)11-10(15)16/h2-6,11H,1H3,(H,15,16). The molecule has 0 unspecified atom stereocenters. The van der Waals surface area contributed by atoms with Crippen molar-refractivity contribution in [3.05, 3.63) is 30.5 Å². The lowest BCUT2D eigenvalue weighted by atomic mass is 10.1. The van der Waals surface area contributed by atoms with Gasteiger partial charge in [0.25, 0.3) is 0 Å². The Labute approximate surface area is 91.5 Å². The van der Waals surface area contributed by atoms with E-state index < -0.39 is 6.09 Å². The van der Waals surface area contributed by atoms with E-state index in [1.54, 1.807) is 36.1 Å². The van der Waals surface area contributed by atoms with Gasteiger partial charge in [-0.2, -0.15) is 0 Å². The molecule has 1 aromatic carbocycles. The molecule has 82 valence electrons. The maximum Gasteiger partial charge on any atom is 0.409 e. The van der Waals surface area contributed by atoms with Crippen LogP contribution in [0.3, 0.4) is 0 Å². The monoisotopic (exact) mass is 218 g/mol. The highest BCUT2D eigenvalue weighted by atomic mass is 16.4. The van der Waals surface area contributed by atoms with Crippen LogP contribution in [0.1, 0.15) is 0 Å². The highest BCUT2D eigenvalue weighted by Crippen LogP contribution is 2.19. The van der Waals surface area contributed by atoms with Crippen LogP contribution in [0.25, 0.3) is 11.3 Å². The van der Waals surface area contributed by atoms with Crippen LogP contribution in [0.2, 0.25) is 0 Å². The Hall–Kier alpha value is -2.37. The van der Waals surface area contributed by atoms with Crippen molar-refractivity contribution in [3.8, 4) is 11.3 Å². The second-order valence-corrected chi connectivity index (χ2v) is 3.29. The van der Waals surface area contributed by atoms with Crippen LogP contribution in [-0.2, 0) is 7.05 Å². The van der Waals surface area contributed by atoms with Crippen molar-refractivity contribution in [1.29, 1.82) is 0 Å². The molecule has 6 heteroatoms. The molecule has 0 bridgehead atoms.